The summed E-state index contributed by atoms with van der Waals surface area (Å²) < 4.78 is 23.9. The molecule has 0 aromatic heterocycles. The number of nitrogens with zero attached hydrogens (tertiary/aromatic N) is 1. The van der Waals surface area contributed by atoms with Crippen LogP contribution in [0.1, 0.15) is 5.56 Å². The van der Waals surface area contributed by atoms with Crippen molar-refractivity contribution >= 4 is 32.9 Å². The summed E-state index contributed by atoms with van der Waals surface area (Å²) in [5.74, 6) is -0.325. The number of rotatable bonds is 4. The summed E-state index contributed by atoms with van der Waals surface area (Å²) in [6, 6.07) is 18.6. The molecule has 0 aliphatic carbocycles. The number of hydrogen-bond acceptors (Lipinski definition) is 4. The second-order valence-electron chi connectivity index (χ2n) is 6.12. The molecule has 0 spiro atoms. The van der Waals surface area contributed by atoms with E-state index in [2.05, 4.69) is 5.32 Å². The molecule has 5 nitrogen and oxygen atoms in total. The maximum atomic E-state index is 11.9. The Bertz CT molecular complexity index is 826. The first-order chi connectivity index (χ1) is 11.9. The van der Waals surface area contributed by atoms with E-state index in [1.54, 1.807) is 4.90 Å². The van der Waals surface area contributed by atoms with Gasteiger partial charge in [-0.05, 0) is 29.9 Å². The fourth-order valence-electron chi connectivity index (χ4n) is 2.94. The number of hydrogen-bond donors (Lipinski definition) is 2. The van der Waals surface area contributed by atoms with E-state index in [9.17, 15) is 13.5 Å². The Morgan fingerprint density at radius 2 is 1.68 bits per heavy atom. The van der Waals surface area contributed by atoms with Crippen molar-refractivity contribution < 1.29 is 13.5 Å². The van der Waals surface area contributed by atoms with Gasteiger partial charge in [-0.25, -0.2) is 8.42 Å². The second kappa shape index (κ2) is 7.51. The van der Waals surface area contributed by atoms with E-state index in [-0.39, 0.29) is 11.5 Å². The predicted molar refractivity (Wildman–Crippen MR) is 103 cm³/mol. The predicted octanol–water partition coefficient (Wildman–Crippen LogP) is 2.04. The number of nitrogens with one attached hydrogen (secondary N) is 1. The van der Waals surface area contributed by atoms with Crippen LogP contribution in [0.5, 0.6) is 0 Å². The molecule has 2 N–H and O–H groups in total. The number of anilines is 1. The molecule has 0 bridgehead atoms. The zero-order valence-electron chi connectivity index (χ0n) is 13.6. The number of para-hydroxylation sites is 1. The SMILES string of the molecule is O=S1(=O)C[C@H](O)[C@@H](N(Cc2ccccc2)C(=S)Nc2ccccc2)C1. The van der Waals surface area contributed by atoms with Crippen molar-refractivity contribution in [1.29, 1.82) is 0 Å². The molecule has 1 fully saturated rings. The van der Waals surface area contributed by atoms with E-state index in [0.29, 0.717) is 11.7 Å². The molecular formula is C18H20N2O3S2. The van der Waals surface area contributed by atoms with Crippen LogP contribution in [0.4, 0.5) is 5.69 Å². The highest BCUT2D eigenvalue weighted by Crippen LogP contribution is 2.22. The average Bonchev–Trinajstić information content (AvgIpc) is 2.87. The Morgan fingerprint density at radius 3 is 2.24 bits per heavy atom. The number of sulfone groups is 1. The normalized spacial score (nSPS) is 21.6. The Balaban J connectivity index is 1.85. The van der Waals surface area contributed by atoms with Crippen molar-refractivity contribution in [3.63, 3.8) is 0 Å². The molecule has 0 radical (unpaired) electrons. The van der Waals surface area contributed by atoms with Crippen molar-refractivity contribution in [2.75, 3.05) is 16.8 Å². The third-order valence-corrected chi connectivity index (χ3v) is 6.21. The molecule has 2 atom stereocenters. The fraction of sp³-hybridized carbons (Fsp3) is 0.278. The van der Waals surface area contributed by atoms with Crippen LogP contribution in [0.3, 0.4) is 0 Å². The lowest BCUT2D eigenvalue weighted by molar-refractivity contribution is 0.120. The summed E-state index contributed by atoms with van der Waals surface area (Å²) in [6.45, 7) is 0.427. The van der Waals surface area contributed by atoms with Gasteiger partial charge in [0.1, 0.15) is 0 Å². The van der Waals surface area contributed by atoms with E-state index in [1.807, 2.05) is 60.7 Å². The second-order valence-corrected chi connectivity index (χ2v) is 8.66. The molecule has 25 heavy (non-hydrogen) atoms. The fourth-order valence-corrected chi connectivity index (χ4v) is 5.06. The van der Waals surface area contributed by atoms with Crippen molar-refractivity contribution in [2.45, 2.75) is 18.7 Å². The van der Waals surface area contributed by atoms with E-state index < -0.39 is 22.0 Å². The van der Waals surface area contributed by atoms with Crippen LogP contribution in [0, 0.1) is 0 Å². The zero-order valence-corrected chi connectivity index (χ0v) is 15.2. The molecule has 2 aromatic rings. The van der Waals surface area contributed by atoms with Gasteiger partial charge in [-0.1, -0.05) is 48.5 Å². The van der Waals surface area contributed by atoms with Crippen LogP contribution in [0.2, 0.25) is 0 Å². The van der Waals surface area contributed by atoms with Gasteiger partial charge in [0.05, 0.1) is 23.7 Å². The lowest BCUT2D eigenvalue weighted by Gasteiger charge is -2.33. The lowest BCUT2D eigenvalue weighted by Crippen LogP contribution is -2.47. The van der Waals surface area contributed by atoms with E-state index >= 15 is 0 Å². The molecule has 3 rings (SSSR count). The van der Waals surface area contributed by atoms with Gasteiger partial charge in [-0.2, -0.15) is 0 Å². The minimum absolute atomic E-state index is 0.0996. The third-order valence-electron chi connectivity index (χ3n) is 4.18. The summed E-state index contributed by atoms with van der Waals surface area (Å²) in [5.41, 5.74) is 1.82. The van der Waals surface area contributed by atoms with E-state index in [0.717, 1.165) is 11.3 Å². The van der Waals surface area contributed by atoms with Gasteiger partial charge >= 0.3 is 0 Å². The Morgan fingerprint density at radius 1 is 1.08 bits per heavy atom. The molecular weight excluding hydrogens is 356 g/mol. The van der Waals surface area contributed by atoms with Gasteiger partial charge < -0.3 is 15.3 Å². The van der Waals surface area contributed by atoms with Gasteiger partial charge in [-0.3, -0.25) is 0 Å². The number of aliphatic hydroxyl groups is 1. The summed E-state index contributed by atoms with van der Waals surface area (Å²) >= 11 is 5.53. The third kappa shape index (κ3) is 4.56. The Labute approximate surface area is 153 Å². The van der Waals surface area contributed by atoms with Crippen molar-refractivity contribution in [1.82, 2.24) is 4.90 Å². The first-order valence-corrected chi connectivity index (χ1v) is 10.2. The summed E-state index contributed by atoms with van der Waals surface area (Å²) in [6.07, 6.45) is -0.954. The molecule has 1 saturated heterocycles. The molecule has 2 aromatic carbocycles. The van der Waals surface area contributed by atoms with Gasteiger partial charge in [0, 0.05) is 12.2 Å². The molecule has 132 valence electrons. The van der Waals surface area contributed by atoms with E-state index in [1.165, 1.54) is 0 Å². The monoisotopic (exact) mass is 376 g/mol. The molecule has 1 aliphatic rings. The van der Waals surface area contributed by atoms with Gasteiger partial charge in [0.15, 0.2) is 14.9 Å². The minimum Gasteiger partial charge on any atom is -0.390 e. The van der Waals surface area contributed by atoms with Crippen LogP contribution in [-0.2, 0) is 16.4 Å². The van der Waals surface area contributed by atoms with Crippen molar-refractivity contribution in [2.24, 2.45) is 0 Å². The van der Waals surface area contributed by atoms with Crippen LogP contribution in [0.25, 0.3) is 0 Å². The lowest BCUT2D eigenvalue weighted by atomic mass is 10.1. The smallest absolute Gasteiger partial charge is 0.174 e. The van der Waals surface area contributed by atoms with Crippen LogP contribution < -0.4 is 5.32 Å². The summed E-state index contributed by atoms with van der Waals surface area (Å²) in [7, 11) is -3.27. The topological polar surface area (TPSA) is 69.6 Å². The highest BCUT2D eigenvalue weighted by molar-refractivity contribution is 7.91. The number of aliphatic hydroxyl groups excluding tert-OH is 1. The van der Waals surface area contributed by atoms with Crippen LogP contribution in [-0.4, -0.2) is 47.2 Å². The number of thiocarbonyl (C=S) groups is 1. The maximum Gasteiger partial charge on any atom is 0.174 e. The molecule has 7 heteroatoms. The quantitative estimate of drug-likeness (QED) is 0.796. The molecule has 0 amide bonds. The van der Waals surface area contributed by atoms with Crippen molar-refractivity contribution in [3.8, 4) is 0 Å². The molecule has 0 unspecified atom stereocenters. The maximum absolute atomic E-state index is 11.9. The minimum atomic E-state index is -3.27. The highest BCUT2D eigenvalue weighted by atomic mass is 32.2. The van der Waals surface area contributed by atoms with Gasteiger partial charge in [0.25, 0.3) is 0 Å². The molecule has 1 heterocycles. The Kier molecular flexibility index (Phi) is 5.36. The van der Waals surface area contributed by atoms with Gasteiger partial charge in [-0.15, -0.1) is 0 Å². The summed E-state index contributed by atoms with van der Waals surface area (Å²) in [5, 5.41) is 13.8. The summed E-state index contributed by atoms with van der Waals surface area (Å²) in [4.78, 5) is 1.77. The van der Waals surface area contributed by atoms with Gasteiger partial charge in [0.2, 0.25) is 0 Å². The van der Waals surface area contributed by atoms with E-state index in [4.69, 9.17) is 12.2 Å². The van der Waals surface area contributed by atoms with Crippen LogP contribution in [0.15, 0.2) is 60.7 Å². The zero-order chi connectivity index (χ0) is 17.9. The first kappa shape index (κ1) is 17.8. The average molecular weight is 377 g/mol. The Hall–Kier alpha value is -1.96. The van der Waals surface area contributed by atoms with Crippen LogP contribution >= 0.6 is 12.2 Å². The first-order valence-electron chi connectivity index (χ1n) is 8.00. The number of benzene rings is 2. The molecule has 1 aliphatic heterocycles. The van der Waals surface area contributed by atoms with Crippen molar-refractivity contribution in [3.05, 3.63) is 66.2 Å². The highest BCUT2D eigenvalue weighted by Gasteiger charge is 2.41. The largest absolute Gasteiger partial charge is 0.390 e. The molecule has 0 saturated carbocycles. The standard InChI is InChI=1S/C18H20N2O3S2/c21-17-13-25(22,23)12-16(17)20(11-14-7-3-1-4-8-14)18(24)19-15-9-5-2-6-10-15/h1-10,16-17,21H,11-13H2,(H,19,24)/t16-,17-/m0/s1.